The lowest BCUT2D eigenvalue weighted by atomic mass is 10.0. The Kier molecular flexibility index (Phi) is 45.3. The van der Waals surface area contributed by atoms with Crippen LogP contribution in [0.25, 0.3) is 0 Å². The van der Waals surface area contributed by atoms with Crippen LogP contribution in [0.15, 0.2) is 0 Å². The van der Waals surface area contributed by atoms with Crippen molar-refractivity contribution in [3.63, 3.8) is 0 Å². The van der Waals surface area contributed by atoms with Gasteiger partial charge >= 0.3 is 5.97 Å². The molecule has 0 fully saturated rings. The third-order valence-electron chi connectivity index (χ3n) is 4.76. The number of rotatable bonds is 20. The molecule has 11 nitrogen and oxygen atoms in total. The quantitative estimate of drug-likeness (QED) is 0.0975. The molecule has 0 aliphatic heterocycles. The molecule has 36 heavy (non-hydrogen) atoms. The van der Waals surface area contributed by atoms with Gasteiger partial charge in [-0.05, 0) is 6.42 Å². The molecule has 0 aromatic rings. The van der Waals surface area contributed by atoms with Crippen molar-refractivity contribution in [2.75, 3.05) is 39.6 Å². The summed E-state index contributed by atoms with van der Waals surface area (Å²) in [5, 5.41) is 80.5. The van der Waals surface area contributed by atoms with Crippen LogP contribution < -0.4 is 0 Å². The molecule has 0 heterocycles. The maximum Gasteiger partial charge on any atom is 0.303 e. The van der Waals surface area contributed by atoms with E-state index in [9.17, 15) is 4.79 Å². The third-order valence-corrected chi connectivity index (χ3v) is 4.76. The van der Waals surface area contributed by atoms with Gasteiger partial charge in [-0.15, -0.1) is 0 Å². The van der Waals surface area contributed by atoms with E-state index < -0.39 is 24.3 Å². The number of hydrogen-bond donors (Lipinski definition) is 10. The Morgan fingerprint density at radius 3 is 0.861 bits per heavy atom. The predicted octanol–water partition coefficient (Wildman–Crippen LogP) is 0.548. The molecular weight excluding hydrogens is 476 g/mol. The lowest BCUT2D eigenvalue weighted by Crippen LogP contribution is -2.15. The van der Waals surface area contributed by atoms with Gasteiger partial charge in [0, 0.05) is 6.42 Å². The first-order valence-electron chi connectivity index (χ1n) is 13.1. The second-order valence-electron chi connectivity index (χ2n) is 8.44. The van der Waals surface area contributed by atoms with E-state index in [-0.39, 0.29) is 39.6 Å². The predicted molar refractivity (Wildman–Crippen MR) is 138 cm³/mol. The fourth-order valence-corrected chi connectivity index (χ4v) is 2.47. The van der Waals surface area contributed by atoms with Crippen LogP contribution in [0.1, 0.15) is 96.8 Å². The monoisotopic (exact) mass is 532 g/mol. The van der Waals surface area contributed by atoms with Crippen LogP contribution in [-0.2, 0) is 4.79 Å². The summed E-state index contributed by atoms with van der Waals surface area (Å²) < 4.78 is 0. The van der Waals surface area contributed by atoms with E-state index in [0.29, 0.717) is 6.42 Å². The van der Waals surface area contributed by atoms with Gasteiger partial charge in [-0.2, -0.15) is 0 Å². The number of unbranched alkanes of at least 4 members (excludes halogenated alkanes) is 12. The zero-order valence-corrected chi connectivity index (χ0v) is 22.3. The molecule has 0 saturated heterocycles. The summed E-state index contributed by atoms with van der Waals surface area (Å²) in [5.74, 6) is -0.655. The highest BCUT2D eigenvalue weighted by atomic mass is 16.4. The molecule has 0 saturated carbocycles. The fourth-order valence-electron chi connectivity index (χ4n) is 2.47. The van der Waals surface area contributed by atoms with Gasteiger partial charge in [-0.25, -0.2) is 0 Å². The molecule has 0 bridgehead atoms. The molecule has 0 aromatic heterocycles. The van der Waals surface area contributed by atoms with Crippen molar-refractivity contribution < 1.29 is 55.9 Å². The topological polar surface area (TPSA) is 219 Å². The SMILES string of the molecule is CCCCCCCCCCCCCCCC(=O)O.OCC(O)CO.OCC(O)CO.OCC(O)CO. The summed E-state index contributed by atoms with van der Waals surface area (Å²) in [6.45, 7) is 0.0729. The summed E-state index contributed by atoms with van der Waals surface area (Å²) >= 11 is 0. The van der Waals surface area contributed by atoms with Gasteiger partial charge in [0.05, 0.1) is 39.6 Å². The molecule has 222 valence electrons. The van der Waals surface area contributed by atoms with Crippen molar-refractivity contribution in [2.45, 2.75) is 115 Å². The molecular formula is C25H56O11. The Hall–Kier alpha value is -0.890. The first-order chi connectivity index (χ1) is 17.2. The maximum absolute atomic E-state index is 10.3. The zero-order valence-electron chi connectivity index (χ0n) is 22.3. The van der Waals surface area contributed by atoms with Gasteiger partial charge in [0.15, 0.2) is 0 Å². The largest absolute Gasteiger partial charge is 0.481 e. The minimum atomic E-state index is -0.954. The molecule has 0 aliphatic rings. The number of aliphatic carboxylic acids is 1. The van der Waals surface area contributed by atoms with Crippen molar-refractivity contribution in [1.82, 2.24) is 0 Å². The Morgan fingerprint density at radius 1 is 0.472 bits per heavy atom. The fraction of sp³-hybridized carbons (Fsp3) is 0.960. The highest BCUT2D eigenvalue weighted by molar-refractivity contribution is 5.66. The van der Waals surface area contributed by atoms with Gasteiger partial charge in [0.25, 0.3) is 0 Å². The van der Waals surface area contributed by atoms with Crippen LogP contribution in [0, 0.1) is 0 Å². The molecule has 0 aliphatic carbocycles. The van der Waals surface area contributed by atoms with Crippen molar-refractivity contribution in [3.05, 3.63) is 0 Å². The highest BCUT2D eigenvalue weighted by Crippen LogP contribution is 2.12. The number of hydrogen-bond acceptors (Lipinski definition) is 10. The summed E-state index contributed by atoms with van der Waals surface area (Å²) in [5.41, 5.74) is 0. The smallest absolute Gasteiger partial charge is 0.303 e. The molecule has 0 unspecified atom stereocenters. The second-order valence-corrected chi connectivity index (χ2v) is 8.44. The van der Waals surface area contributed by atoms with E-state index in [1.54, 1.807) is 0 Å². The number of carboxylic acids is 1. The molecule has 0 spiro atoms. The first kappa shape index (κ1) is 42.2. The summed E-state index contributed by atoms with van der Waals surface area (Å²) in [6, 6.07) is 0. The van der Waals surface area contributed by atoms with Crippen LogP contribution in [0.2, 0.25) is 0 Å². The van der Waals surface area contributed by atoms with Crippen molar-refractivity contribution in [1.29, 1.82) is 0 Å². The first-order valence-corrected chi connectivity index (χ1v) is 13.1. The van der Waals surface area contributed by atoms with Crippen molar-refractivity contribution >= 4 is 5.97 Å². The number of carboxylic acid groups (broad SMARTS) is 1. The van der Waals surface area contributed by atoms with Crippen molar-refractivity contribution in [2.24, 2.45) is 0 Å². The van der Waals surface area contributed by atoms with Gasteiger partial charge < -0.3 is 51.1 Å². The summed E-state index contributed by atoms with van der Waals surface area (Å²) in [4.78, 5) is 10.3. The molecule has 0 aromatic carbocycles. The van der Waals surface area contributed by atoms with E-state index in [4.69, 9.17) is 51.1 Å². The van der Waals surface area contributed by atoms with Gasteiger partial charge in [0.2, 0.25) is 0 Å². The minimum Gasteiger partial charge on any atom is -0.481 e. The van der Waals surface area contributed by atoms with Crippen LogP contribution in [0.5, 0.6) is 0 Å². The molecule has 11 heteroatoms. The zero-order chi connectivity index (χ0) is 28.5. The standard InChI is InChI=1S/C16H32O2.3C3H8O3/c1-2-3-4-5-6-7-8-9-10-11-12-13-14-15-16(17)18;3*4-1-3(6)2-5/h2-15H2,1H3,(H,17,18);3*3-6H,1-2H2. The van der Waals surface area contributed by atoms with Gasteiger partial charge in [0.1, 0.15) is 18.3 Å². The molecule has 0 rings (SSSR count). The average molecular weight is 533 g/mol. The maximum atomic E-state index is 10.3. The van der Waals surface area contributed by atoms with Crippen LogP contribution >= 0.6 is 0 Å². The van der Waals surface area contributed by atoms with E-state index >= 15 is 0 Å². The lowest BCUT2D eigenvalue weighted by Gasteiger charge is -2.02. The number of aliphatic hydroxyl groups is 9. The molecule has 0 atom stereocenters. The van der Waals surface area contributed by atoms with Crippen molar-refractivity contribution in [3.8, 4) is 0 Å². The second kappa shape index (κ2) is 38.6. The summed E-state index contributed by atoms with van der Waals surface area (Å²) in [7, 11) is 0. The number of aliphatic hydroxyl groups excluding tert-OH is 9. The van der Waals surface area contributed by atoms with Crippen LogP contribution in [0.3, 0.4) is 0 Å². The van der Waals surface area contributed by atoms with Gasteiger partial charge in [-0.3, -0.25) is 4.79 Å². The Labute approximate surface area is 217 Å². The van der Waals surface area contributed by atoms with E-state index in [1.807, 2.05) is 0 Å². The number of carbonyl (C=O) groups is 1. The average Bonchev–Trinajstić information content (AvgIpc) is 2.90. The minimum absolute atomic E-state index is 0.345. The Balaban J connectivity index is -0.000000231. The molecule has 0 amide bonds. The normalized spacial score (nSPS) is 10.4. The van der Waals surface area contributed by atoms with Crippen LogP contribution in [-0.4, -0.2) is 115 Å². The lowest BCUT2D eigenvalue weighted by molar-refractivity contribution is -0.137. The highest BCUT2D eigenvalue weighted by Gasteiger charge is 1.97. The van der Waals surface area contributed by atoms with Gasteiger partial charge in [-0.1, -0.05) is 84.0 Å². The van der Waals surface area contributed by atoms with E-state index in [2.05, 4.69) is 6.92 Å². The third kappa shape index (κ3) is 50.1. The molecule has 10 N–H and O–H groups in total. The van der Waals surface area contributed by atoms with E-state index in [1.165, 1.54) is 70.6 Å². The summed E-state index contributed by atoms with van der Waals surface area (Å²) in [6.07, 6.45) is 14.4. The Bertz CT molecular complexity index is 351. The molecule has 0 radical (unpaired) electrons. The van der Waals surface area contributed by atoms with E-state index in [0.717, 1.165) is 12.8 Å². The van der Waals surface area contributed by atoms with Crippen LogP contribution in [0.4, 0.5) is 0 Å². The Morgan fingerprint density at radius 2 is 0.694 bits per heavy atom.